The van der Waals surface area contributed by atoms with E-state index in [9.17, 15) is 19.7 Å². The minimum atomic E-state index is -0.545. The molecular weight excluding hydrogens is 224 g/mol. The number of benzene rings is 1. The average Bonchev–Trinajstić information content (AvgIpc) is 2.25. The van der Waals surface area contributed by atoms with Gasteiger partial charge in [-0.25, -0.2) is 0 Å². The standard InChI is InChI=1S/C11H12N2O4/c1-7(14)6-12-11(15)9-4-3-5-10(8(9)2)13(16)17/h3-5H,6H2,1-2H3,(H,12,15). The third-order valence-corrected chi connectivity index (χ3v) is 2.24. The van der Waals surface area contributed by atoms with Crippen LogP contribution in [0.4, 0.5) is 5.69 Å². The maximum absolute atomic E-state index is 11.7. The Morgan fingerprint density at radius 1 is 1.41 bits per heavy atom. The van der Waals surface area contributed by atoms with Gasteiger partial charge in [0.2, 0.25) is 0 Å². The third-order valence-electron chi connectivity index (χ3n) is 2.24. The fourth-order valence-electron chi connectivity index (χ4n) is 1.37. The minimum Gasteiger partial charge on any atom is -0.345 e. The molecule has 1 amide bonds. The maximum Gasteiger partial charge on any atom is 0.273 e. The molecule has 1 N–H and O–H groups in total. The third kappa shape index (κ3) is 3.10. The van der Waals surface area contributed by atoms with E-state index >= 15 is 0 Å². The molecule has 0 aliphatic heterocycles. The zero-order valence-electron chi connectivity index (χ0n) is 9.52. The van der Waals surface area contributed by atoms with Crippen LogP contribution in [0.2, 0.25) is 0 Å². The van der Waals surface area contributed by atoms with Crippen LogP contribution in [0.5, 0.6) is 0 Å². The van der Waals surface area contributed by atoms with Crippen molar-refractivity contribution in [2.24, 2.45) is 0 Å². The maximum atomic E-state index is 11.7. The SMILES string of the molecule is CC(=O)CNC(=O)c1cccc([N+](=O)[O-])c1C. The Morgan fingerprint density at radius 2 is 2.06 bits per heavy atom. The van der Waals surface area contributed by atoms with Gasteiger partial charge in [0.05, 0.1) is 11.5 Å². The van der Waals surface area contributed by atoms with E-state index in [2.05, 4.69) is 5.32 Å². The molecule has 1 rings (SSSR count). The van der Waals surface area contributed by atoms with Gasteiger partial charge in [-0.05, 0) is 19.9 Å². The van der Waals surface area contributed by atoms with E-state index in [1.165, 1.54) is 32.0 Å². The normalized spacial score (nSPS) is 9.76. The van der Waals surface area contributed by atoms with Gasteiger partial charge in [0, 0.05) is 17.2 Å². The van der Waals surface area contributed by atoms with Gasteiger partial charge in [0.25, 0.3) is 11.6 Å². The Bertz CT molecular complexity index is 482. The number of Topliss-reactive ketones (excluding diaryl/α,β-unsaturated/α-hetero) is 1. The molecule has 0 heterocycles. The van der Waals surface area contributed by atoms with Gasteiger partial charge in [-0.15, -0.1) is 0 Å². The molecule has 0 aromatic heterocycles. The molecule has 6 nitrogen and oxygen atoms in total. The van der Waals surface area contributed by atoms with Crippen LogP contribution in [0.3, 0.4) is 0 Å². The van der Waals surface area contributed by atoms with Crippen LogP contribution in [-0.2, 0) is 4.79 Å². The van der Waals surface area contributed by atoms with Crippen LogP contribution < -0.4 is 5.32 Å². The molecule has 17 heavy (non-hydrogen) atoms. The lowest BCUT2D eigenvalue weighted by Gasteiger charge is -2.06. The van der Waals surface area contributed by atoms with Gasteiger partial charge >= 0.3 is 0 Å². The second-order valence-electron chi connectivity index (χ2n) is 3.59. The summed E-state index contributed by atoms with van der Waals surface area (Å²) in [5.41, 5.74) is 0.388. The molecule has 1 aromatic carbocycles. The van der Waals surface area contributed by atoms with Crippen molar-refractivity contribution in [3.05, 3.63) is 39.4 Å². The molecule has 0 atom stereocenters. The van der Waals surface area contributed by atoms with Crippen molar-refractivity contribution < 1.29 is 14.5 Å². The van der Waals surface area contributed by atoms with E-state index in [0.29, 0.717) is 5.56 Å². The van der Waals surface area contributed by atoms with Crippen molar-refractivity contribution in [2.45, 2.75) is 13.8 Å². The molecule has 0 aliphatic carbocycles. The van der Waals surface area contributed by atoms with Gasteiger partial charge < -0.3 is 5.32 Å². The number of hydrogen-bond donors (Lipinski definition) is 1. The highest BCUT2D eigenvalue weighted by molar-refractivity contribution is 5.98. The molecule has 0 fully saturated rings. The van der Waals surface area contributed by atoms with E-state index in [0.717, 1.165) is 0 Å². The quantitative estimate of drug-likeness (QED) is 0.628. The zero-order chi connectivity index (χ0) is 13.0. The second kappa shape index (κ2) is 5.20. The van der Waals surface area contributed by atoms with Crippen LogP contribution in [0, 0.1) is 17.0 Å². The van der Waals surface area contributed by atoms with Crippen molar-refractivity contribution in [1.29, 1.82) is 0 Å². The number of amides is 1. The Balaban J connectivity index is 2.98. The van der Waals surface area contributed by atoms with E-state index in [1.807, 2.05) is 0 Å². The molecule has 6 heteroatoms. The molecule has 90 valence electrons. The molecular formula is C11H12N2O4. The van der Waals surface area contributed by atoms with Crippen LogP contribution in [0.25, 0.3) is 0 Å². The fraction of sp³-hybridized carbons (Fsp3) is 0.273. The number of hydrogen-bond acceptors (Lipinski definition) is 4. The van der Waals surface area contributed by atoms with Gasteiger partial charge in [0.15, 0.2) is 0 Å². The molecule has 0 aliphatic rings. The lowest BCUT2D eigenvalue weighted by Crippen LogP contribution is -2.28. The first-order valence-corrected chi connectivity index (χ1v) is 4.95. The van der Waals surface area contributed by atoms with Crippen LogP contribution in [0.1, 0.15) is 22.8 Å². The number of rotatable bonds is 4. The number of nitrogens with zero attached hydrogens (tertiary/aromatic N) is 1. The topological polar surface area (TPSA) is 89.3 Å². The summed E-state index contributed by atoms with van der Waals surface area (Å²) in [6, 6.07) is 4.25. The molecule has 0 radical (unpaired) electrons. The van der Waals surface area contributed by atoms with Crippen molar-refractivity contribution in [3.8, 4) is 0 Å². The van der Waals surface area contributed by atoms with Crippen molar-refractivity contribution in [3.63, 3.8) is 0 Å². The Kier molecular flexibility index (Phi) is 3.92. The molecule has 0 unspecified atom stereocenters. The average molecular weight is 236 g/mol. The van der Waals surface area contributed by atoms with E-state index in [-0.39, 0.29) is 23.6 Å². The van der Waals surface area contributed by atoms with E-state index < -0.39 is 10.8 Å². The number of carbonyl (C=O) groups excluding carboxylic acids is 2. The summed E-state index contributed by atoms with van der Waals surface area (Å²) in [7, 11) is 0. The highest BCUT2D eigenvalue weighted by Crippen LogP contribution is 2.20. The Labute approximate surface area is 97.8 Å². The largest absolute Gasteiger partial charge is 0.345 e. The first-order valence-electron chi connectivity index (χ1n) is 4.95. The summed E-state index contributed by atoms with van der Waals surface area (Å²) >= 11 is 0. The van der Waals surface area contributed by atoms with E-state index in [1.54, 1.807) is 0 Å². The first kappa shape index (κ1) is 12.8. The molecule has 1 aromatic rings. The number of carbonyl (C=O) groups is 2. The van der Waals surface area contributed by atoms with Crippen molar-refractivity contribution >= 4 is 17.4 Å². The number of nitrogens with one attached hydrogen (secondary N) is 1. The van der Waals surface area contributed by atoms with E-state index in [4.69, 9.17) is 0 Å². The van der Waals surface area contributed by atoms with Crippen LogP contribution in [-0.4, -0.2) is 23.2 Å². The van der Waals surface area contributed by atoms with Gasteiger partial charge in [0.1, 0.15) is 5.78 Å². The predicted octanol–water partition coefficient (Wildman–Crippen LogP) is 1.22. The second-order valence-corrected chi connectivity index (χ2v) is 3.59. The summed E-state index contributed by atoms with van der Waals surface area (Å²) in [6.07, 6.45) is 0. The smallest absolute Gasteiger partial charge is 0.273 e. The fourth-order valence-corrected chi connectivity index (χ4v) is 1.37. The van der Waals surface area contributed by atoms with Gasteiger partial charge in [-0.2, -0.15) is 0 Å². The minimum absolute atomic E-state index is 0.0824. The summed E-state index contributed by atoms with van der Waals surface area (Å²) in [6.45, 7) is 2.77. The van der Waals surface area contributed by atoms with Crippen molar-refractivity contribution in [2.75, 3.05) is 6.54 Å². The lowest BCUT2D eigenvalue weighted by molar-refractivity contribution is -0.385. The Hall–Kier alpha value is -2.24. The highest BCUT2D eigenvalue weighted by atomic mass is 16.6. The Morgan fingerprint density at radius 3 is 2.59 bits per heavy atom. The molecule has 0 saturated heterocycles. The molecule has 0 bridgehead atoms. The summed E-state index contributed by atoms with van der Waals surface area (Å²) < 4.78 is 0. The summed E-state index contributed by atoms with van der Waals surface area (Å²) in [5.74, 6) is -0.664. The monoisotopic (exact) mass is 236 g/mol. The van der Waals surface area contributed by atoms with Crippen LogP contribution >= 0.6 is 0 Å². The highest BCUT2D eigenvalue weighted by Gasteiger charge is 2.17. The number of nitro benzene ring substituents is 1. The summed E-state index contributed by atoms with van der Waals surface area (Å²) in [5, 5.41) is 13.1. The molecule has 0 saturated carbocycles. The lowest BCUT2D eigenvalue weighted by atomic mass is 10.1. The zero-order valence-corrected chi connectivity index (χ0v) is 9.52. The summed E-state index contributed by atoms with van der Waals surface area (Å²) in [4.78, 5) is 32.5. The molecule has 0 spiro atoms. The number of ketones is 1. The predicted molar refractivity (Wildman–Crippen MR) is 60.8 cm³/mol. The van der Waals surface area contributed by atoms with Gasteiger partial charge in [-0.1, -0.05) is 6.07 Å². The first-order chi connectivity index (χ1) is 7.93. The van der Waals surface area contributed by atoms with Crippen molar-refractivity contribution in [1.82, 2.24) is 5.32 Å². The van der Waals surface area contributed by atoms with Crippen LogP contribution in [0.15, 0.2) is 18.2 Å². The number of nitro groups is 1. The van der Waals surface area contributed by atoms with Gasteiger partial charge in [-0.3, -0.25) is 19.7 Å².